The summed E-state index contributed by atoms with van der Waals surface area (Å²) in [4.78, 5) is 11.5. The second-order valence-electron chi connectivity index (χ2n) is 7.60. The number of hydrogen-bond donors (Lipinski definition) is 1. The SMILES string of the molecule is CC1(C)CN2C(N)=NC(c3ccc(OC(F)(F)F)cc3)(c3cccc(Br)c3)C2=N1. The van der Waals surface area contributed by atoms with Crippen molar-refractivity contribution in [2.24, 2.45) is 15.7 Å². The quantitative estimate of drug-likeness (QED) is 0.728. The average molecular weight is 467 g/mol. The van der Waals surface area contributed by atoms with Gasteiger partial charge in [0.15, 0.2) is 11.5 Å². The molecule has 0 bridgehead atoms. The van der Waals surface area contributed by atoms with Crippen LogP contribution in [0.5, 0.6) is 5.75 Å². The molecule has 0 saturated heterocycles. The molecule has 2 aliphatic rings. The molecule has 2 aliphatic heterocycles. The standard InChI is InChI=1S/C20H18BrF3N4O/c1-18(2)11-28-16(26-18)19(27-17(28)25,13-4-3-5-14(21)10-13)12-6-8-15(9-7-12)29-20(22,23)24/h3-10H,11H2,1-2H3,(H2,25,27). The molecule has 0 saturated carbocycles. The lowest BCUT2D eigenvalue weighted by molar-refractivity contribution is -0.274. The molecule has 4 rings (SSSR count). The van der Waals surface area contributed by atoms with Crippen LogP contribution in [0.4, 0.5) is 13.2 Å². The van der Waals surface area contributed by atoms with Crippen LogP contribution in [0.25, 0.3) is 0 Å². The van der Waals surface area contributed by atoms with Gasteiger partial charge in [-0.05, 0) is 49.2 Å². The van der Waals surface area contributed by atoms with Crippen LogP contribution in [0.1, 0.15) is 25.0 Å². The summed E-state index contributed by atoms with van der Waals surface area (Å²) in [6.07, 6.45) is -4.75. The Balaban J connectivity index is 1.89. The van der Waals surface area contributed by atoms with Crippen LogP contribution in [0.15, 0.2) is 63.0 Å². The van der Waals surface area contributed by atoms with Gasteiger partial charge >= 0.3 is 6.36 Å². The molecule has 2 aromatic carbocycles. The van der Waals surface area contributed by atoms with E-state index in [1.807, 2.05) is 43.0 Å². The molecule has 2 heterocycles. The van der Waals surface area contributed by atoms with Crippen molar-refractivity contribution in [3.8, 4) is 5.75 Å². The van der Waals surface area contributed by atoms with Crippen molar-refractivity contribution < 1.29 is 17.9 Å². The van der Waals surface area contributed by atoms with E-state index in [0.717, 1.165) is 10.0 Å². The molecule has 2 aromatic rings. The largest absolute Gasteiger partial charge is 0.573 e. The lowest BCUT2D eigenvalue weighted by atomic mass is 9.82. The molecule has 0 fully saturated rings. The number of fused-ring (bicyclic) bond motifs is 1. The molecule has 0 aromatic heterocycles. The van der Waals surface area contributed by atoms with Crippen LogP contribution in [0, 0.1) is 0 Å². The summed E-state index contributed by atoms with van der Waals surface area (Å²) in [5.41, 5.74) is 6.28. The van der Waals surface area contributed by atoms with Crippen molar-refractivity contribution in [1.29, 1.82) is 0 Å². The number of amidine groups is 1. The van der Waals surface area contributed by atoms with E-state index in [-0.39, 0.29) is 11.3 Å². The molecular weight excluding hydrogens is 449 g/mol. The molecule has 9 heteroatoms. The first-order valence-corrected chi connectivity index (χ1v) is 9.65. The molecule has 0 spiro atoms. The number of ether oxygens (including phenoxy) is 1. The summed E-state index contributed by atoms with van der Waals surface area (Å²) >= 11 is 3.48. The van der Waals surface area contributed by atoms with Gasteiger partial charge in [-0.15, -0.1) is 13.2 Å². The number of halogens is 4. The first-order chi connectivity index (χ1) is 13.5. The number of nitrogens with zero attached hydrogens (tertiary/aromatic N) is 3. The van der Waals surface area contributed by atoms with Crippen molar-refractivity contribution >= 4 is 27.7 Å². The smallest absolute Gasteiger partial charge is 0.406 e. The summed E-state index contributed by atoms with van der Waals surface area (Å²) in [6, 6.07) is 13.3. The summed E-state index contributed by atoms with van der Waals surface area (Å²) in [5.74, 6) is 0.679. The fourth-order valence-corrected chi connectivity index (χ4v) is 4.16. The summed E-state index contributed by atoms with van der Waals surface area (Å²) < 4.78 is 42.5. The van der Waals surface area contributed by atoms with Crippen molar-refractivity contribution in [2.45, 2.75) is 31.3 Å². The van der Waals surface area contributed by atoms with Gasteiger partial charge in [-0.25, -0.2) is 4.99 Å². The fourth-order valence-electron chi connectivity index (χ4n) is 3.76. The van der Waals surface area contributed by atoms with Gasteiger partial charge in [-0.2, -0.15) is 0 Å². The zero-order chi connectivity index (χ0) is 21.0. The Hall–Kier alpha value is -2.55. The van der Waals surface area contributed by atoms with Gasteiger partial charge in [-0.1, -0.05) is 40.2 Å². The third kappa shape index (κ3) is 3.48. The number of alkyl halides is 3. The minimum atomic E-state index is -4.75. The Labute approximate surface area is 174 Å². The van der Waals surface area contributed by atoms with E-state index < -0.39 is 11.9 Å². The molecule has 2 N–H and O–H groups in total. The average Bonchev–Trinajstić information content (AvgIpc) is 3.07. The maximum Gasteiger partial charge on any atom is 0.573 e. The third-order valence-corrected chi connectivity index (χ3v) is 5.33. The van der Waals surface area contributed by atoms with Gasteiger partial charge in [-0.3, -0.25) is 9.89 Å². The molecule has 5 nitrogen and oxygen atoms in total. The highest BCUT2D eigenvalue weighted by Crippen LogP contribution is 2.45. The first-order valence-electron chi connectivity index (χ1n) is 8.86. The van der Waals surface area contributed by atoms with E-state index >= 15 is 0 Å². The summed E-state index contributed by atoms with van der Waals surface area (Å²) in [6.45, 7) is 4.57. The predicted octanol–water partition coefficient (Wildman–Crippen LogP) is 4.41. The van der Waals surface area contributed by atoms with E-state index in [4.69, 9.17) is 15.7 Å². The molecule has 1 atom stereocenters. The Kier molecular flexibility index (Phi) is 4.41. The maximum atomic E-state index is 12.5. The Morgan fingerprint density at radius 3 is 2.38 bits per heavy atom. The van der Waals surface area contributed by atoms with Crippen molar-refractivity contribution in [3.05, 3.63) is 64.1 Å². The Morgan fingerprint density at radius 2 is 1.76 bits per heavy atom. The minimum absolute atomic E-state index is 0.300. The van der Waals surface area contributed by atoms with E-state index in [1.165, 1.54) is 12.1 Å². The van der Waals surface area contributed by atoms with Crippen LogP contribution >= 0.6 is 15.9 Å². The molecule has 0 radical (unpaired) electrons. The van der Waals surface area contributed by atoms with Gasteiger partial charge in [0, 0.05) is 4.47 Å². The molecule has 0 amide bonds. The number of benzene rings is 2. The van der Waals surface area contributed by atoms with E-state index in [9.17, 15) is 13.2 Å². The highest BCUT2D eigenvalue weighted by atomic mass is 79.9. The monoisotopic (exact) mass is 466 g/mol. The molecular formula is C20H18BrF3N4O. The molecule has 29 heavy (non-hydrogen) atoms. The molecule has 152 valence electrons. The topological polar surface area (TPSA) is 63.2 Å². The molecule has 1 unspecified atom stereocenters. The number of nitrogens with two attached hydrogens (primary N) is 1. The summed E-state index contributed by atoms with van der Waals surface area (Å²) in [5, 5.41) is 0. The van der Waals surface area contributed by atoms with Crippen molar-refractivity contribution in [2.75, 3.05) is 6.54 Å². The van der Waals surface area contributed by atoms with E-state index in [2.05, 4.69) is 20.7 Å². The first kappa shape index (κ1) is 19.8. The summed E-state index contributed by atoms with van der Waals surface area (Å²) in [7, 11) is 0. The van der Waals surface area contributed by atoms with Crippen LogP contribution in [0.2, 0.25) is 0 Å². The predicted molar refractivity (Wildman–Crippen MR) is 108 cm³/mol. The van der Waals surface area contributed by atoms with Gasteiger partial charge < -0.3 is 10.5 Å². The second-order valence-corrected chi connectivity index (χ2v) is 8.51. The zero-order valence-corrected chi connectivity index (χ0v) is 17.3. The number of hydrogen-bond acceptors (Lipinski definition) is 5. The number of rotatable bonds is 3. The normalized spacial score (nSPS) is 22.9. The van der Waals surface area contributed by atoms with Gasteiger partial charge in [0.2, 0.25) is 0 Å². The molecule has 0 aliphatic carbocycles. The third-order valence-electron chi connectivity index (χ3n) is 4.84. The van der Waals surface area contributed by atoms with Gasteiger partial charge in [0.05, 0.1) is 12.1 Å². The zero-order valence-electron chi connectivity index (χ0n) is 15.7. The fraction of sp³-hybridized carbons (Fsp3) is 0.300. The van der Waals surface area contributed by atoms with Gasteiger partial charge in [0.25, 0.3) is 0 Å². The lowest BCUT2D eigenvalue weighted by Crippen LogP contribution is -2.42. The highest BCUT2D eigenvalue weighted by Gasteiger charge is 2.53. The van der Waals surface area contributed by atoms with Crippen LogP contribution in [0.3, 0.4) is 0 Å². The van der Waals surface area contributed by atoms with Crippen molar-refractivity contribution in [1.82, 2.24) is 4.90 Å². The highest BCUT2D eigenvalue weighted by molar-refractivity contribution is 9.10. The van der Waals surface area contributed by atoms with Crippen LogP contribution in [-0.2, 0) is 5.54 Å². The second kappa shape index (κ2) is 6.48. The lowest BCUT2D eigenvalue weighted by Gasteiger charge is -2.28. The number of guanidine groups is 1. The number of aliphatic imine (C=N–C) groups is 2. The Bertz CT molecular complexity index is 1020. The minimum Gasteiger partial charge on any atom is -0.406 e. The van der Waals surface area contributed by atoms with Crippen LogP contribution in [-0.4, -0.2) is 35.1 Å². The van der Waals surface area contributed by atoms with Gasteiger partial charge in [0.1, 0.15) is 11.6 Å². The Morgan fingerprint density at radius 1 is 1.07 bits per heavy atom. The van der Waals surface area contributed by atoms with Crippen LogP contribution < -0.4 is 10.5 Å². The van der Waals surface area contributed by atoms with E-state index in [0.29, 0.717) is 23.9 Å². The van der Waals surface area contributed by atoms with E-state index in [1.54, 1.807) is 12.1 Å². The van der Waals surface area contributed by atoms with Crippen molar-refractivity contribution in [3.63, 3.8) is 0 Å². The maximum absolute atomic E-state index is 12.5.